The fourth-order valence-electron chi connectivity index (χ4n) is 3.10. The standard InChI is InChI=1S/C19H21F3N2O/c1-12(25)11-18(3,4)14-7-5-8-15(13(14)2)24-16-9-6-10-23-17(16)19(20,21)22/h5-10,24H,11H2,1-4H3. The van der Waals surface area contributed by atoms with Gasteiger partial charge in [-0.25, -0.2) is 4.98 Å². The third kappa shape index (κ3) is 4.38. The number of nitrogens with zero attached hydrogens (tertiary/aromatic N) is 1. The highest BCUT2D eigenvalue weighted by Crippen LogP contribution is 2.37. The molecule has 0 unspecified atom stereocenters. The highest BCUT2D eigenvalue weighted by atomic mass is 19.4. The molecule has 0 spiro atoms. The Labute approximate surface area is 145 Å². The van der Waals surface area contributed by atoms with Crippen molar-refractivity contribution in [2.75, 3.05) is 5.32 Å². The number of hydrogen-bond acceptors (Lipinski definition) is 3. The minimum absolute atomic E-state index is 0.0642. The van der Waals surface area contributed by atoms with Crippen molar-refractivity contribution >= 4 is 17.2 Å². The summed E-state index contributed by atoms with van der Waals surface area (Å²) in [5, 5.41) is 2.85. The maximum absolute atomic E-state index is 13.1. The van der Waals surface area contributed by atoms with Gasteiger partial charge < -0.3 is 5.32 Å². The Balaban J connectivity index is 2.44. The van der Waals surface area contributed by atoms with Crippen LogP contribution in [0, 0.1) is 6.92 Å². The molecule has 134 valence electrons. The summed E-state index contributed by atoms with van der Waals surface area (Å²) in [5.41, 5.74) is 0.834. The van der Waals surface area contributed by atoms with Gasteiger partial charge in [0.1, 0.15) is 5.78 Å². The SMILES string of the molecule is CC(=O)CC(C)(C)c1cccc(Nc2cccnc2C(F)(F)F)c1C. The Bertz CT molecular complexity index is 782. The van der Waals surface area contributed by atoms with Crippen molar-refractivity contribution in [3.63, 3.8) is 0 Å². The fourth-order valence-corrected chi connectivity index (χ4v) is 3.10. The molecule has 0 bridgehead atoms. The van der Waals surface area contributed by atoms with Crippen LogP contribution in [0.3, 0.4) is 0 Å². The second kappa shape index (κ2) is 6.86. The van der Waals surface area contributed by atoms with Gasteiger partial charge in [-0.1, -0.05) is 26.0 Å². The first-order chi connectivity index (χ1) is 11.5. The summed E-state index contributed by atoms with van der Waals surface area (Å²) in [5.74, 6) is 0.0642. The number of carbonyl (C=O) groups excluding carboxylic acids is 1. The smallest absolute Gasteiger partial charge is 0.354 e. The van der Waals surface area contributed by atoms with E-state index < -0.39 is 17.3 Å². The monoisotopic (exact) mass is 350 g/mol. The average molecular weight is 350 g/mol. The van der Waals surface area contributed by atoms with Gasteiger partial charge in [-0.2, -0.15) is 13.2 Å². The number of benzene rings is 1. The van der Waals surface area contributed by atoms with Crippen LogP contribution < -0.4 is 5.32 Å². The molecule has 0 atom stereocenters. The van der Waals surface area contributed by atoms with Crippen molar-refractivity contribution in [3.8, 4) is 0 Å². The molecule has 3 nitrogen and oxygen atoms in total. The summed E-state index contributed by atoms with van der Waals surface area (Å²) in [4.78, 5) is 15.0. The van der Waals surface area contributed by atoms with E-state index in [-0.39, 0.29) is 11.5 Å². The molecule has 1 heterocycles. The van der Waals surface area contributed by atoms with E-state index in [1.807, 2.05) is 26.8 Å². The molecule has 0 amide bonds. The molecular formula is C19H21F3N2O. The van der Waals surface area contributed by atoms with Gasteiger partial charge >= 0.3 is 6.18 Å². The van der Waals surface area contributed by atoms with Gasteiger partial charge in [0.05, 0.1) is 5.69 Å². The Kier molecular flexibility index (Phi) is 5.20. The fraction of sp³-hybridized carbons (Fsp3) is 0.368. The van der Waals surface area contributed by atoms with Crippen LogP contribution in [0.1, 0.15) is 44.0 Å². The number of ketones is 1. The second-order valence-electron chi connectivity index (χ2n) is 6.76. The van der Waals surface area contributed by atoms with E-state index in [1.165, 1.54) is 19.1 Å². The summed E-state index contributed by atoms with van der Waals surface area (Å²) in [6.07, 6.45) is -3.06. The molecule has 1 aromatic carbocycles. The van der Waals surface area contributed by atoms with Crippen molar-refractivity contribution in [1.29, 1.82) is 0 Å². The minimum atomic E-state index is -4.54. The first-order valence-electron chi connectivity index (χ1n) is 7.91. The number of aromatic nitrogens is 1. The molecule has 2 rings (SSSR count). The zero-order valence-corrected chi connectivity index (χ0v) is 14.7. The maximum Gasteiger partial charge on any atom is 0.435 e. The number of halogens is 3. The molecule has 0 aliphatic rings. The number of alkyl halides is 3. The minimum Gasteiger partial charge on any atom is -0.354 e. The highest BCUT2D eigenvalue weighted by Gasteiger charge is 2.35. The largest absolute Gasteiger partial charge is 0.435 e. The van der Waals surface area contributed by atoms with Crippen molar-refractivity contribution in [3.05, 3.63) is 53.3 Å². The maximum atomic E-state index is 13.1. The summed E-state index contributed by atoms with van der Waals surface area (Å²) >= 11 is 0. The predicted octanol–water partition coefficient (Wildman–Crippen LogP) is 5.41. The Morgan fingerprint density at radius 1 is 1.12 bits per heavy atom. The van der Waals surface area contributed by atoms with Crippen LogP contribution in [-0.4, -0.2) is 10.8 Å². The van der Waals surface area contributed by atoms with Crippen molar-refractivity contribution in [2.24, 2.45) is 0 Å². The Morgan fingerprint density at radius 3 is 2.36 bits per heavy atom. The van der Waals surface area contributed by atoms with Crippen molar-refractivity contribution in [2.45, 2.75) is 45.7 Å². The lowest BCUT2D eigenvalue weighted by atomic mass is 9.78. The van der Waals surface area contributed by atoms with Gasteiger partial charge in [-0.05, 0) is 48.6 Å². The van der Waals surface area contributed by atoms with E-state index in [0.29, 0.717) is 12.1 Å². The highest BCUT2D eigenvalue weighted by molar-refractivity contribution is 5.77. The van der Waals surface area contributed by atoms with Crippen LogP contribution in [0.25, 0.3) is 0 Å². The zero-order chi connectivity index (χ0) is 18.8. The molecular weight excluding hydrogens is 329 g/mol. The molecule has 1 N–H and O–H groups in total. The number of Topliss-reactive ketones (excluding diaryl/α,β-unsaturated/α-hetero) is 1. The first-order valence-corrected chi connectivity index (χ1v) is 7.91. The van der Waals surface area contributed by atoms with Crippen LogP contribution >= 0.6 is 0 Å². The van der Waals surface area contributed by atoms with E-state index in [2.05, 4.69) is 10.3 Å². The average Bonchev–Trinajstić information content (AvgIpc) is 2.47. The van der Waals surface area contributed by atoms with Gasteiger partial charge in [0, 0.05) is 18.3 Å². The number of anilines is 2. The van der Waals surface area contributed by atoms with Crippen LogP contribution in [0.15, 0.2) is 36.5 Å². The van der Waals surface area contributed by atoms with Crippen LogP contribution in [-0.2, 0) is 16.4 Å². The van der Waals surface area contributed by atoms with Gasteiger partial charge in [-0.3, -0.25) is 4.79 Å². The summed E-state index contributed by atoms with van der Waals surface area (Å²) in [6.45, 7) is 7.27. The van der Waals surface area contributed by atoms with E-state index in [0.717, 1.165) is 17.3 Å². The van der Waals surface area contributed by atoms with Gasteiger partial charge in [0.15, 0.2) is 5.69 Å². The van der Waals surface area contributed by atoms with Crippen LogP contribution in [0.4, 0.5) is 24.5 Å². The number of pyridine rings is 1. The molecule has 1 aromatic heterocycles. The molecule has 0 saturated heterocycles. The Morgan fingerprint density at radius 2 is 1.76 bits per heavy atom. The molecule has 25 heavy (non-hydrogen) atoms. The van der Waals surface area contributed by atoms with Crippen LogP contribution in [0.5, 0.6) is 0 Å². The molecule has 2 aromatic rings. The van der Waals surface area contributed by atoms with Gasteiger partial charge in [0.2, 0.25) is 0 Å². The van der Waals surface area contributed by atoms with Crippen LogP contribution in [0.2, 0.25) is 0 Å². The second-order valence-corrected chi connectivity index (χ2v) is 6.76. The molecule has 6 heteroatoms. The third-order valence-corrected chi connectivity index (χ3v) is 4.10. The Hall–Kier alpha value is -2.37. The van der Waals surface area contributed by atoms with Gasteiger partial charge in [-0.15, -0.1) is 0 Å². The van der Waals surface area contributed by atoms with Gasteiger partial charge in [0.25, 0.3) is 0 Å². The van der Waals surface area contributed by atoms with E-state index >= 15 is 0 Å². The molecule has 0 aliphatic heterocycles. The summed E-state index contributed by atoms with van der Waals surface area (Å²) in [7, 11) is 0. The number of carbonyl (C=O) groups is 1. The van der Waals surface area contributed by atoms with E-state index in [9.17, 15) is 18.0 Å². The number of nitrogens with one attached hydrogen (secondary N) is 1. The molecule has 0 fully saturated rings. The molecule has 0 saturated carbocycles. The first kappa shape index (κ1) is 19.0. The lowest BCUT2D eigenvalue weighted by Crippen LogP contribution is -2.22. The predicted molar refractivity (Wildman–Crippen MR) is 92.0 cm³/mol. The van der Waals surface area contributed by atoms with E-state index in [4.69, 9.17) is 0 Å². The lowest BCUT2D eigenvalue weighted by Gasteiger charge is -2.27. The number of hydrogen-bond donors (Lipinski definition) is 1. The third-order valence-electron chi connectivity index (χ3n) is 4.10. The quantitative estimate of drug-likeness (QED) is 0.784. The van der Waals surface area contributed by atoms with Crippen molar-refractivity contribution in [1.82, 2.24) is 4.98 Å². The summed E-state index contributed by atoms with van der Waals surface area (Å²) < 4.78 is 39.4. The lowest BCUT2D eigenvalue weighted by molar-refractivity contribution is -0.140. The van der Waals surface area contributed by atoms with Crippen molar-refractivity contribution < 1.29 is 18.0 Å². The zero-order valence-electron chi connectivity index (χ0n) is 14.7. The molecule has 0 aliphatic carbocycles. The molecule has 0 radical (unpaired) electrons. The van der Waals surface area contributed by atoms with E-state index in [1.54, 1.807) is 12.1 Å². The summed E-state index contributed by atoms with van der Waals surface area (Å²) in [6, 6.07) is 8.20. The normalized spacial score (nSPS) is 12.1. The topological polar surface area (TPSA) is 42.0 Å². The number of rotatable bonds is 5.